The van der Waals surface area contributed by atoms with Crippen molar-refractivity contribution in [3.8, 4) is 6.07 Å². The molecular formula is C11H18F3N3. The SMILES string of the molecule is CC(C#N)CNC1CCN(CC(F)(F)F)CC1. The fraction of sp³-hybridized carbons (Fsp3) is 0.909. The zero-order valence-corrected chi connectivity index (χ0v) is 9.93. The van der Waals surface area contributed by atoms with Crippen molar-refractivity contribution < 1.29 is 13.2 Å². The highest BCUT2D eigenvalue weighted by atomic mass is 19.4. The molecule has 6 heteroatoms. The second-order valence-corrected chi connectivity index (χ2v) is 4.60. The van der Waals surface area contributed by atoms with E-state index in [0.717, 1.165) is 0 Å². The maximum absolute atomic E-state index is 12.1. The molecule has 98 valence electrons. The third kappa shape index (κ3) is 5.89. The van der Waals surface area contributed by atoms with E-state index in [4.69, 9.17) is 5.26 Å². The fourth-order valence-electron chi connectivity index (χ4n) is 1.94. The zero-order valence-electron chi connectivity index (χ0n) is 9.93. The van der Waals surface area contributed by atoms with Crippen LogP contribution in [0, 0.1) is 17.2 Å². The van der Waals surface area contributed by atoms with E-state index in [-0.39, 0.29) is 12.0 Å². The first-order valence-corrected chi connectivity index (χ1v) is 5.83. The lowest BCUT2D eigenvalue weighted by molar-refractivity contribution is -0.148. The minimum Gasteiger partial charge on any atom is -0.313 e. The summed E-state index contributed by atoms with van der Waals surface area (Å²) >= 11 is 0. The number of likely N-dealkylation sites (tertiary alicyclic amines) is 1. The molecule has 1 atom stereocenters. The number of halogens is 3. The summed E-state index contributed by atoms with van der Waals surface area (Å²) in [5.41, 5.74) is 0. The fourth-order valence-corrected chi connectivity index (χ4v) is 1.94. The van der Waals surface area contributed by atoms with Crippen molar-refractivity contribution in [2.75, 3.05) is 26.2 Å². The minimum absolute atomic E-state index is 0.0526. The summed E-state index contributed by atoms with van der Waals surface area (Å²) < 4.78 is 36.4. The third-order valence-electron chi connectivity index (χ3n) is 2.92. The van der Waals surface area contributed by atoms with Crippen LogP contribution in [0.5, 0.6) is 0 Å². The summed E-state index contributed by atoms with van der Waals surface area (Å²) in [5.74, 6) is -0.0526. The maximum atomic E-state index is 12.1. The van der Waals surface area contributed by atoms with Crippen molar-refractivity contribution in [1.82, 2.24) is 10.2 Å². The van der Waals surface area contributed by atoms with E-state index in [2.05, 4.69) is 11.4 Å². The number of nitriles is 1. The van der Waals surface area contributed by atoms with Crippen LogP contribution in [0.15, 0.2) is 0 Å². The largest absolute Gasteiger partial charge is 0.401 e. The van der Waals surface area contributed by atoms with Crippen LogP contribution in [0.25, 0.3) is 0 Å². The van der Waals surface area contributed by atoms with Crippen LogP contribution in [-0.2, 0) is 0 Å². The second kappa shape index (κ2) is 6.22. The molecule has 1 aliphatic heterocycles. The summed E-state index contributed by atoms with van der Waals surface area (Å²) in [4.78, 5) is 1.44. The Labute approximate surface area is 99.6 Å². The monoisotopic (exact) mass is 249 g/mol. The molecule has 1 saturated heterocycles. The average Bonchev–Trinajstić information content (AvgIpc) is 2.25. The Hall–Kier alpha value is -0.800. The predicted molar refractivity (Wildman–Crippen MR) is 58.3 cm³/mol. The van der Waals surface area contributed by atoms with Gasteiger partial charge in [-0.3, -0.25) is 4.90 Å². The molecule has 0 saturated carbocycles. The van der Waals surface area contributed by atoms with Crippen LogP contribution < -0.4 is 5.32 Å². The summed E-state index contributed by atoms with van der Waals surface area (Å²) in [5, 5.41) is 11.8. The number of rotatable bonds is 4. The lowest BCUT2D eigenvalue weighted by Gasteiger charge is -2.33. The molecule has 0 aliphatic carbocycles. The van der Waals surface area contributed by atoms with Gasteiger partial charge in [0.2, 0.25) is 0 Å². The minimum atomic E-state index is -4.10. The number of nitrogens with zero attached hydrogens (tertiary/aromatic N) is 2. The van der Waals surface area contributed by atoms with Gasteiger partial charge in [0.05, 0.1) is 18.5 Å². The summed E-state index contributed by atoms with van der Waals surface area (Å²) in [6, 6.07) is 2.37. The van der Waals surface area contributed by atoms with Gasteiger partial charge < -0.3 is 5.32 Å². The molecule has 1 rings (SSSR count). The molecular weight excluding hydrogens is 231 g/mol. The van der Waals surface area contributed by atoms with Crippen LogP contribution in [0.4, 0.5) is 13.2 Å². The molecule has 1 aliphatic rings. The first-order valence-electron chi connectivity index (χ1n) is 5.83. The molecule has 0 spiro atoms. The van der Waals surface area contributed by atoms with E-state index < -0.39 is 12.7 Å². The third-order valence-corrected chi connectivity index (χ3v) is 2.92. The summed E-state index contributed by atoms with van der Waals surface area (Å²) in [6.07, 6.45) is -2.67. The number of piperidine rings is 1. The van der Waals surface area contributed by atoms with Crippen LogP contribution in [-0.4, -0.2) is 43.3 Å². The van der Waals surface area contributed by atoms with E-state index in [1.807, 2.05) is 6.92 Å². The van der Waals surface area contributed by atoms with Crippen molar-refractivity contribution >= 4 is 0 Å². The lowest BCUT2D eigenvalue weighted by Crippen LogP contribution is -2.46. The van der Waals surface area contributed by atoms with Gasteiger partial charge in [-0.1, -0.05) is 0 Å². The van der Waals surface area contributed by atoms with Gasteiger partial charge in [-0.15, -0.1) is 0 Å². The lowest BCUT2D eigenvalue weighted by atomic mass is 10.0. The Morgan fingerprint density at radius 2 is 2.00 bits per heavy atom. The van der Waals surface area contributed by atoms with Gasteiger partial charge in [-0.05, 0) is 32.9 Å². The first kappa shape index (κ1) is 14.3. The zero-order chi connectivity index (χ0) is 12.9. The number of hydrogen-bond acceptors (Lipinski definition) is 3. The van der Waals surface area contributed by atoms with Gasteiger partial charge in [0.15, 0.2) is 0 Å². The predicted octanol–water partition coefficient (Wildman–Crippen LogP) is 1.76. The highest BCUT2D eigenvalue weighted by Gasteiger charge is 2.32. The van der Waals surface area contributed by atoms with Crippen LogP contribution in [0.3, 0.4) is 0 Å². The molecule has 1 heterocycles. The van der Waals surface area contributed by atoms with Crippen molar-refractivity contribution in [2.45, 2.75) is 32.0 Å². The topological polar surface area (TPSA) is 39.1 Å². The van der Waals surface area contributed by atoms with E-state index in [1.54, 1.807) is 0 Å². The summed E-state index contributed by atoms with van der Waals surface area (Å²) in [7, 11) is 0. The highest BCUT2D eigenvalue weighted by Crippen LogP contribution is 2.19. The van der Waals surface area contributed by atoms with Crippen LogP contribution in [0.1, 0.15) is 19.8 Å². The quantitative estimate of drug-likeness (QED) is 0.825. The summed E-state index contributed by atoms with van der Waals surface area (Å²) in [6.45, 7) is 2.57. The van der Waals surface area contributed by atoms with Crippen molar-refractivity contribution in [3.63, 3.8) is 0 Å². The Kier molecular flexibility index (Phi) is 5.22. The maximum Gasteiger partial charge on any atom is 0.401 e. The molecule has 0 amide bonds. The number of nitrogens with one attached hydrogen (secondary N) is 1. The average molecular weight is 249 g/mol. The van der Waals surface area contributed by atoms with Crippen LogP contribution >= 0.6 is 0 Å². The standard InChI is InChI=1S/C11H18F3N3/c1-9(6-15)7-16-10-2-4-17(5-3-10)8-11(12,13)14/h9-10,16H,2-5,7-8H2,1H3. The van der Waals surface area contributed by atoms with Crippen molar-refractivity contribution in [2.24, 2.45) is 5.92 Å². The number of alkyl halides is 3. The van der Waals surface area contributed by atoms with E-state index in [9.17, 15) is 13.2 Å². The Bertz CT molecular complexity index is 264. The van der Waals surface area contributed by atoms with Gasteiger partial charge in [-0.25, -0.2) is 0 Å². The molecule has 3 nitrogen and oxygen atoms in total. The van der Waals surface area contributed by atoms with Gasteiger partial charge >= 0.3 is 6.18 Å². The van der Waals surface area contributed by atoms with Crippen molar-refractivity contribution in [1.29, 1.82) is 5.26 Å². The smallest absolute Gasteiger partial charge is 0.313 e. The van der Waals surface area contributed by atoms with Gasteiger partial charge in [0.1, 0.15) is 0 Å². The Balaban J connectivity index is 2.20. The molecule has 0 aromatic heterocycles. The Morgan fingerprint density at radius 1 is 1.41 bits per heavy atom. The first-order chi connectivity index (χ1) is 7.90. The Morgan fingerprint density at radius 3 is 2.47 bits per heavy atom. The van der Waals surface area contributed by atoms with Gasteiger partial charge in [0.25, 0.3) is 0 Å². The number of hydrogen-bond donors (Lipinski definition) is 1. The van der Waals surface area contributed by atoms with E-state index >= 15 is 0 Å². The normalized spacial score (nSPS) is 21.1. The molecule has 0 aromatic carbocycles. The molecule has 0 radical (unpaired) electrons. The van der Waals surface area contributed by atoms with Gasteiger partial charge in [0, 0.05) is 12.6 Å². The van der Waals surface area contributed by atoms with Gasteiger partial charge in [-0.2, -0.15) is 18.4 Å². The molecule has 1 fully saturated rings. The molecule has 0 bridgehead atoms. The molecule has 0 aromatic rings. The molecule has 17 heavy (non-hydrogen) atoms. The van der Waals surface area contributed by atoms with E-state index in [1.165, 1.54) is 4.90 Å². The second-order valence-electron chi connectivity index (χ2n) is 4.60. The van der Waals surface area contributed by atoms with E-state index in [0.29, 0.717) is 32.5 Å². The van der Waals surface area contributed by atoms with Crippen LogP contribution in [0.2, 0.25) is 0 Å². The van der Waals surface area contributed by atoms with Crippen molar-refractivity contribution in [3.05, 3.63) is 0 Å². The highest BCUT2D eigenvalue weighted by molar-refractivity contribution is 4.84. The molecule has 1 N–H and O–H groups in total. The molecule has 1 unspecified atom stereocenters.